The summed E-state index contributed by atoms with van der Waals surface area (Å²) in [5.41, 5.74) is 0. The number of rotatable bonds is 0. The third-order valence-corrected chi connectivity index (χ3v) is 2.13. The molecule has 0 aromatic rings. The third-order valence-electron chi connectivity index (χ3n) is 2.13. The van der Waals surface area contributed by atoms with Crippen molar-refractivity contribution in [3.63, 3.8) is 0 Å². The molecule has 2 aliphatic rings. The van der Waals surface area contributed by atoms with Crippen LogP contribution in [0.3, 0.4) is 0 Å². The summed E-state index contributed by atoms with van der Waals surface area (Å²) >= 11 is 0. The summed E-state index contributed by atoms with van der Waals surface area (Å²) in [6, 6.07) is 0.883. The fraction of sp³-hybridized carbons (Fsp3) is 0.444. The molecule has 2 unspecified atom stereocenters. The lowest BCUT2D eigenvalue weighted by Gasteiger charge is -2.21. The van der Waals surface area contributed by atoms with Gasteiger partial charge in [-0.3, -0.25) is 4.99 Å². The lowest BCUT2D eigenvalue weighted by atomic mass is 10.0. The van der Waals surface area contributed by atoms with E-state index in [-0.39, 0.29) is 0 Å². The van der Waals surface area contributed by atoms with Crippen LogP contribution in [-0.4, -0.2) is 18.3 Å². The van der Waals surface area contributed by atoms with Crippen LogP contribution in [-0.2, 0) is 0 Å². The van der Waals surface area contributed by atoms with Gasteiger partial charge in [0.05, 0.1) is 12.1 Å². The molecule has 0 aromatic carbocycles. The van der Waals surface area contributed by atoms with E-state index in [1.165, 1.54) is 0 Å². The van der Waals surface area contributed by atoms with Crippen LogP contribution in [0.25, 0.3) is 0 Å². The Kier molecular flexibility index (Phi) is 1.76. The van der Waals surface area contributed by atoms with E-state index in [0.717, 1.165) is 12.8 Å². The molecule has 1 N–H and O–H groups in total. The van der Waals surface area contributed by atoms with Crippen LogP contribution < -0.4 is 5.32 Å². The normalized spacial score (nSPS) is 34.2. The summed E-state index contributed by atoms with van der Waals surface area (Å²) in [4.78, 5) is 4.40. The Balaban J connectivity index is 2.13. The molecule has 11 heavy (non-hydrogen) atoms. The highest BCUT2D eigenvalue weighted by Crippen LogP contribution is 2.14. The molecule has 0 fully saturated rings. The summed E-state index contributed by atoms with van der Waals surface area (Å²) in [5.74, 6) is 0. The maximum absolute atomic E-state index is 4.40. The molecule has 0 spiro atoms. The van der Waals surface area contributed by atoms with E-state index in [1.807, 2.05) is 18.5 Å². The second-order valence-corrected chi connectivity index (χ2v) is 2.92. The molecule has 2 rings (SSSR count). The lowest BCUT2D eigenvalue weighted by molar-refractivity contribution is 0.531. The van der Waals surface area contributed by atoms with E-state index < -0.39 is 0 Å². The van der Waals surface area contributed by atoms with Gasteiger partial charge < -0.3 is 5.32 Å². The van der Waals surface area contributed by atoms with Crippen LogP contribution in [0.5, 0.6) is 0 Å². The molecule has 58 valence electrons. The van der Waals surface area contributed by atoms with Gasteiger partial charge in [0.15, 0.2) is 0 Å². The molecule has 0 bridgehead atoms. The van der Waals surface area contributed by atoms with Crippen molar-refractivity contribution in [3.8, 4) is 0 Å². The zero-order chi connectivity index (χ0) is 7.52. The summed E-state index contributed by atoms with van der Waals surface area (Å²) in [6.07, 6.45) is 12.6. The van der Waals surface area contributed by atoms with Gasteiger partial charge in [-0.25, -0.2) is 0 Å². The summed E-state index contributed by atoms with van der Waals surface area (Å²) in [6.45, 7) is 0. The molecule has 0 amide bonds. The van der Waals surface area contributed by atoms with Gasteiger partial charge in [0, 0.05) is 6.21 Å². The predicted molar refractivity (Wildman–Crippen MR) is 46.7 cm³/mol. The first kappa shape index (κ1) is 6.65. The van der Waals surface area contributed by atoms with Crippen molar-refractivity contribution in [2.75, 3.05) is 0 Å². The highest BCUT2D eigenvalue weighted by molar-refractivity contribution is 5.72. The molecule has 2 heteroatoms. The number of nitrogens with one attached hydrogen (secondary N) is 1. The smallest absolute Gasteiger partial charge is 0.0739 e. The number of hydrogen-bond donors (Lipinski definition) is 1. The zero-order valence-corrected chi connectivity index (χ0v) is 6.40. The molecule has 0 radical (unpaired) electrons. The van der Waals surface area contributed by atoms with E-state index in [1.54, 1.807) is 0 Å². The van der Waals surface area contributed by atoms with Crippen molar-refractivity contribution in [2.45, 2.75) is 24.9 Å². The van der Waals surface area contributed by atoms with Crippen LogP contribution in [0, 0.1) is 0 Å². The maximum atomic E-state index is 4.40. The predicted octanol–water partition coefficient (Wildman–Crippen LogP) is 1.26. The molecule has 2 nitrogen and oxygen atoms in total. The van der Waals surface area contributed by atoms with Crippen molar-refractivity contribution in [1.29, 1.82) is 0 Å². The summed E-state index contributed by atoms with van der Waals surface area (Å²) in [7, 11) is 0. The monoisotopic (exact) mass is 148 g/mol. The Bertz CT molecular complexity index is 216. The largest absolute Gasteiger partial charge is 0.383 e. The number of hydrogen-bond acceptors (Lipinski definition) is 2. The third kappa shape index (κ3) is 1.34. The Morgan fingerprint density at radius 3 is 3.45 bits per heavy atom. The fourth-order valence-corrected chi connectivity index (χ4v) is 1.50. The van der Waals surface area contributed by atoms with Crippen molar-refractivity contribution >= 4 is 6.21 Å². The van der Waals surface area contributed by atoms with Crippen LogP contribution in [0.2, 0.25) is 0 Å². The molecular weight excluding hydrogens is 136 g/mol. The first-order chi connectivity index (χ1) is 5.47. The summed E-state index contributed by atoms with van der Waals surface area (Å²) < 4.78 is 0. The number of allylic oxidation sites excluding steroid dienone is 2. The number of aliphatic imine (C=N–C) groups is 1. The van der Waals surface area contributed by atoms with Crippen molar-refractivity contribution in [1.82, 2.24) is 5.32 Å². The lowest BCUT2D eigenvalue weighted by Crippen LogP contribution is -2.34. The summed E-state index contributed by atoms with van der Waals surface area (Å²) in [5, 5.41) is 3.30. The van der Waals surface area contributed by atoms with Crippen LogP contribution in [0.1, 0.15) is 12.8 Å². The van der Waals surface area contributed by atoms with Gasteiger partial charge in [0.1, 0.15) is 0 Å². The quantitative estimate of drug-likeness (QED) is 0.549. The van der Waals surface area contributed by atoms with E-state index in [4.69, 9.17) is 0 Å². The van der Waals surface area contributed by atoms with Gasteiger partial charge in [-0.05, 0) is 25.1 Å². The van der Waals surface area contributed by atoms with E-state index >= 15 is 0 Å². The average molecular weight is 148 g/mol. The Labute approximate surface area is 66.7 Å². The molecule has 0 aromatic heterocycles. The van der Waals surface area contributed by atoms with Crippen molar-refractivity contribution in [3.05, 3.63) is 24.4 Å². The second-order valence-electron chi connectivity index (χ2n) is 2.92. The maximum Gasteiger partial charge on any atom is 0.0739 e. The number of nitrogens with zero attached hydrogens (tertiary/aromatic N) is 1. The van der Waals surface area contributed by atoms with Crippen LogP contribution >= 0.6 is 0 Å². The Hall–Kier alpha value is -1.05. The van der Waals surface area contributed by atoms with Crippen molar-refractivity contribution < 1.29 is 0 Å². The fourth-order valence-electron chi connectivity index (χ4n) is 1.50. The average Bonchev–Trinajstić information content (AvgIpc) is 2.28. The molecule has 2 aliphatic heterocycles. The van der Waals surface area contributed by atoms with Gasteiger partial charge in [-0.1, -0.05) is 12.2 Å². The van der Waals surface area contributed by atoms with Gasteiger partial charge in [-0.15, -0.1) is 0 Å². The zero-order valence-electron chi connectivity index (χ0n) is 6.40. The highest BCUT2D eigenvalue weighted by atomic mass is 15.0. The minimum atomic E-state index is 0.429. The SMILES string of the molecule is C1=CC2NC=CCCC2N=C1. The Morgan fingerprint density at radius 2 is 2.45 bits per heavy atom. The van der Waals surface area contributed by atoms with Gasteiger partial charge >= 0.3 is 0 Å². The first-order valence-electron chi connectivity index (χ1n) is 4.08. The second kappa shape index (κ2) is 2.91. The molecule has 0 saturated carbocycles. The Morgan fingerprint density at radius 1 is 1.45 bits per heavy atom. The molecule has 0 aliphatic carbocycles. The van der Waals surface area contributed by atoms with Crippen molar-refractivity contribution in [2.24, 2.45) is 4.99 Å². The van der Waals surface area contributed by atoms with E-state index in [0.29, 0.717) is 12.1 Å². The number of fused-ring (bicyclic) bond motifs is 1. The van der Waals surface area contributed by atoms with Gasteiger partial charge in [0.25, 0.3) is 0 Å². The molecule has 0 saturated heterocycles. The molecular formula is C9H12N2. The van der Waals surface area contributed by atoms with Gasteiger partial charge in [-0.2, -0.15) is 0 Å². The van der Waals surface area contributed by atoms with E-state index in [9.17, 15) is 0 Å². The minimum Gasteiger partial charge on any atom is -0.383 e. The molecule has 2 heterocycles. The van der Waals surface area contributed by atoms with Crippen LogP contribution in [0.15, 0.2) is 29.4 Å². The van der Waals surface area contributed by atoms with Crippen LogP contribution in [0.4, 0.5) is 0 Å². The van der Waals surface area contributed by atoms with E-state index in [2.05, 4.69) is 22.5 Å². The standard InChI is InChI=1S/C9H12N2/c1-2-6-10-9-5-3-7-11-8(9)4-1/h2-3,5-10H,1,4H2. The topological polar surface area (TPSA) is 24.4 Å². The highest BCUT2D eigenvalue weighted by Gasteiger charge is 2.18. The number of dihydropyridines is 1. The van der Waals surface area contributed by atoms with Gasteiger partial charge in [0.2, 0.25) is 0 Å². The minimum absolute atomic E-state index is 0.429. The molecule has 2 atom stereocenters. The first-order valence-corrected chi connectivity index (χ1v) is 4.08.